The van der Waals surface area contributed by atoms with E-state index in [0.717, 1.165) is 14.2 Å². The molecular weight excluding hydrogens is 307 g/mol. The lowest BCUT2D eigenvalue weighted by atomic mass is 10.2. The fourth-order valence-corrected chi connectivity index (χ4v) is 2.26. The first kappa shape index (κ1) is 15.0. The minimum atomic E-state index is -4.83. The molecule has 0 aromatic rings. The molecule has 0 aromatic heterocycles. The van der Waals surface area contributed by atoms with E-state index in [9.17, 15) is 13.2 Å². The molecule has 0 saturated heterocycles. The van der Waals surface area contributed by atoms with E-state index in [2.05, 4.69) is 9.98 Å². The van der Waals surface area contributed by atoms with Gasteiger partial charge in [0, 0.05) is 14.2 Å². The van der Waals surface area contributed by atoms with E-state index < -0.39 is 27.4 Å². The third-order valence-corrected chi connectivity index (χ3v) is 2.95. The lowest BCUT2D eigenvalue weighted by Gasteiger charge is -2.38. The normalized spacial score (nSPS) is 23.1. The number of methoxy groups -OCH3 is 2. The Hall–Kier alpha value is -0.0800. The molecule has 0 atom stereocenters. The van der Waals surface area contributed by atoms with Gasteiger partial charge in [0.2, 0.25) is 5.84 Å². The first-order chi connectivity index (χ1) is 7.60. The van der Waals surface area contributed by atoms with Crippen molar-refractivity contribution in [3.8, 4) is 0 Å². The van der Waals surface area contributed by atoms with Gasteiger partial charge >= 0.3 is 6.18 Å². The van der Waals surface area contributed by atoms with E-state index in [4.69, 9.17) is 44.3 Å². The average molecular weight is 313 g/mol. The topological polar surface area (TPSA) is 43.2 Å². The van der Waals surface area contributed by atoms with Gasteiger partial charge in [0.1, 0.15) is 0 Å². The van der Waals surface area contributed by atoms with Gasteiger partial charge in [-0.15, -0.1) is 0 Å². The second-order valence-electron chi connectivity index (χ2n) is 2.90. The summed E-state index contributed by atoms with van der Waals surface area (Å²) in [6.45, 7) is 0. The number of amidine groups is 1. The standard InChI is InChI=1S/C7H6Cl3F3N2O2/c1-16-5(17-2)3(8)14-4(6(11,12)13)15-7(5,9)10/h1-2H3. The molecule has 0 N–H and O–H groups in total. The smallest absolute Gasteiger partial charge is 0.343 e. The molecule has 1 aliphatic rings. The van der Waals surface area contributed by atoms with Gasteiger partial charge in [0.25, 0.3) is 10.2 Å². The van der Waals surface area contributed by atoms with E-state index in [1.54, 1.807) is 0 Å². The second-order valence-corrected chi connectivity index (χ2v) is 4.55. The highest BCUT2D eigenvalue weighted by atomic mass is 35.5. The van der Waals surface area contributed by atoms with Gasteiger partial charge in [-0.25, -0.2) is 9.98 Å². The third-order valence-electron chi connectivity index (χ3n) is 1.95. The van der Waals surface area contributed by atoms with E-state index >= 15 is 0 Å². The summed E-state index contributed by atoms with van der Waals surface area (Å²) in [5, 5.41) is -0.699. The van der Waals surface area contributed by atoms with Gasteiger partial charge in [0.05, 0.1) is 0 Å². The summed E-state index contributed by atoms with van der Waals surface area (Å²) in [6.07, 6.45) is -4.83. The van der Waals surface area contributed by atoms with Crippen molar-refractivity contribution in [2.24, 2.45) is 9.98 Å². The number of aliphatic imine (C=N–C) groups is 2. The molecule has 1 aliphatic heterocycles. The van der Waals surface area contributed by atoms with E-state index in [1.165, 1.54) is 0 Å². The van der Waals surface area contributed by atoms with Crippen LogP contribution in [0.3, 0.4) is 0 Å². The van der Waals surface area contributed by atoms with Gasteiger partial charge < -0.3 is 9.47 Å². The number of alkyl halides is 5. The van der Waals surface area contributed by atoms with Gasteiger partial charge in [0.15, 0.2) is 5.17 Å². The summed E-state index contributed by atoms with van der Waals surface area (Å²) in [7, 11) is 2.18. The summed E-state index contributed by atoms with van der Waals surface area (Å²) in [5.41, 5.74) is 0. The number of hydrogen-bond donors (Lipinski definition) is 0. The Morgan fingerprint density at radius 1 is 1.18 bits per heavy atom. The largest absolute Gasteiger partial charge is 0.451 e. The van der Waals surface area contributed by atoms with Crippen molar-refractivity contribution in [1.29, 1.82) is 0 Å². The second kappa shape index (κ2) is 4.55. The van der Waals surface area contributed by atoms with Crippen LogP contribution in [0.5, 0.6) is 0 Å². The van der Waals surface area contributed by atoms with Crippen LogP contribution in [0, 0.1) is 0 Å². The van der Waals surface area contributed by atoms with Crippen LogP contribution in [0.2, 0.25) is 0 Å². The van der Waals surface area contributed by atoms with Crippen LogP contribution in [0.1, 0.15) is 0 Å². The molecule has 0 unspecified atom stereocenters. The highest BCUT2D eigenvalue weighted by molar-refractivity contribution is 6.70. The monoisotopic (exact) mass is 312 g/mol. The molecule has 17 heavy (non-hydrogen) atoms. The summed E-state index contributed by atoms with van der Waals surface area (Å²) in [6, 6.07) is 0. The van der Waals surface area contributed by atoms with Crippen LogP contribution in [0.15, 0.2) is 9.98 Å². The number of halogens is 6. The molecule has 0 aliphatic carbocycles. The number of hydrogen-bond acceptors (Lipinski definition) is 4. The van der Waals surface area contributed by atoms with Gasteiger partial charge in [-0.1, -0.05) is 34.8 Å². The maximum absolute atomic E-state index is 12.4. The van der Waals surface area contributed by atoms with Crippen molar-refractivity contribution < 1.29 is 22.6 Å². The quantitative estimate of drug-likeness (QED) is 0.447. The third kappa shape index (κ3) is 2.39. The van der Waals surface area contributed by atoms with Gasteiger partial charge in [-0.2, -0.15) is 13.2 Å². The highest BCUT2D eigenvalue weighted by Gasteiger charge is 2.60. The first-order valence-corrected chi connectivity index (χ1v) is 5.14. The molecule has 0 bridgehead atoms. The van der Waals surface area contributed by atoms with Crippen LogP contribution in [0.25, 0.3) is 0 Å². The Morgan fingerprint density at radius 2 is 1.65 bits per heavy atom. The van der Waals surface area contributed by atoms with Crippen molar-refractivity contribution in [3.05, 3.63) is 0 Å². The Labute approximate surface area is 109 Å². The van der Waals surface area contributed by atoms with Crippen molar-refractivity contribution in [3.63, 3.8) is 0 Å². The molecule has 0 fully saturated rings. The average Bonchev–Trinajstić information content (AvgIpc) is 2.16. The first-order valence-electron chi connectivity index (χ1n) is 4.00. The molecule has 10 heteroatoms. The molecule has 1 heterocycles. The predicted octanol–water partition coefficient (Wildman–Crippen LogP) is 2.72. The maximum atomic E-state index is 12.4. The van der Waals surface area contributed by atoms with Crippen molar-refractivity contribution in [2.45, 2.75) is 16.4 Å². The fourth-order valence-electron chi connectivity index (χ4n) is 1.15. The van der Waals surface area contributed by atoms with E-state index in [0.29, 0.717) is 0 Å². The Morgan fingerprint density at radius 3 is 1.94 bits per heavy atom. The molecular formula is C7H6Cl3F3N2O2. The van der Waals surface area contributed by atoms with E-state index in [1.807, 2.05) is 0 Å². The maximum Gasteiger partial charge on any atom is 0.451 e. The Bertz CT molecular complexity index is 377. The van der Waals surface area contributed by atoms with Crippen LogP contribution in [0.4, 0.5) is 13.2 Å². The lowest BCUT2D eigenvalue weighted by Crippen LogP contribution is -2.56. The summed E-state index contributed by atoms with van der Waals surface area (Å²) in [4.78, 5) is 6.06. The molecule has 98 valence electrons. The SMILES string of the molecule is COC1(OC)C(Cl)=NC(C(F)(F)F)=NC1(Cl)Cl. The molecule has 0 spiro atoms. The Kier molecular flexibility index (Phi) is 4.01. The van der Waals surface area contributed by atoms with Gasteiger partial charge in [-0.05, 0) is 0 Å². The van der Waals surface area contributed by atoms with Crippen LogP contribution in [-0.4, -0.2) is 41.6 Å². The molecule has 0 aromatic carbocycles. The van der Waals surface area contributed by atoms with Crippen molar-refractivity contribution in [2.75, 3.05) is 14.2 Å². The lowest BCUT2D eigenvalue weighted by molar-refractivity contribution is -0.161. The predicted molar refractivity (Wildman–Crippen MR) is 58.0 cm³/mol. The highest BCUT2D eigenvalue weighted by Crippen LogP contribution is 2.44. The minimum absolute atomic E-state index is 0.699. The van der Waals surface area contributed by atoms with E-state index in [-0.39, 0.29) is 0 Å². The van der Waals surface area contributed by atoms with Gasteiger partial charge in [-0.3, -0.25) is 0 Å². The van der Waals surface area contributed by atoms with Crippen LogP contribution < -0.4 is 0 Å². The Balaban J connectivity index is 3.34. The molecule has 0 radical (unpaired) electrons. The zero-order chi connectivity index (χ0) is 13.5. The molecule has 4 nitrogen and oxygen atoms in total. The number of nitrogens with zero attached hydrogens (tertiary/aromatic N) is 2. The molecule has 0 amide bonds. The zero-order valence-corrected chi connectivity index (χ0v) is 10.7. The van der Waals surface area contributed by atoms with Crippen molar-refractivity contribution in [1.82, 2.24) is 0 Å². The molecule has 0 saturated carbocycles. The van der Waals surface area contributed by atoms with Crippen LogP contribution in [-0.2, 0) is 9.47 Å². The van der Waals surface area contributed by atoms with Crippen molar-refractivity contribution >= 4 is 45.8 Å². The summed E-state index contributed by atoms with van der Waals surface area (Å²) < 4.78 is 44.5. The number of rotatable bonds is 2. The fraction of sp³-hybridized carbons (Fsp3) is 0.714. The zero-order valence-electron chi connectivity index (χ0n) is 8.48. The number of ether oxygens (including phenoxy) is 2. The summed E-state index contributed by atoms with van der Waals surface area (Å²) >= 11 is 16.9. The minimum Gasteiger partial charge on any atom is -0.343 e. The summed E-state index contributed by atoms with van der Waals surface area (Å²) in [5.74, 6) is -3.64. The van der Waals surface area contributed by atoms with Crippen LogP contribution >= 0.6 is 34.8 Å². The molecule has 1 rings (SSSR count).